The number of thiophene rings is 1. The maximum absolute atomic E-state index is 13.8. The lowest BCUT2D eigenvalue weighted by Crippen LogP contribution is -2.34. The van der Waals surface area contributed by atoms with Crippen molar-refractivity contribution in [3.05, 3.63) is 81.8 Å². The molecule has 164 valence electrons. The number of nitrogens with zero attached hydrogens (tertiary/aromatic N) is 1. The van der Waals surface area contributed by atoms with Gasteiger partial charge in [0.1, 0.15) is 5.82 Å². The molecule has 1 unspecified atom stereocenters. The number of anilines is 1. The average Bonchev–Trinajstić information content (AvgIpc) is 3.24. The molecule has 6 nitrogen and oxygen atoms in total. The molecule has 3 rings (SSSR count). The van der Waals surface area contributed by atoms with Crippen LogP contribution in [0.2, 0.25) is 0 Å². The molecule has 1 atom stereocenters. The highest BCUT2D eigenvalue weighted by atomic mass is 32.2. The predicted octanol–water partition coefficient (Wildman–Crippen LogP) is 4.03. The molecule has 0 fully saturated rings. The van der Waals surface area contributed by atoms with Crippen LogP contribution in [-0.2, 0) is 10.0 Å². The molecule has 0 radical (unpaired) electrons. The van der Waals surface area contributed by atoms with Crippen LogP contribution in [0.15, 0.2) is 64.9 Å². The van der Waals surface area contributed by atoms with E-state index in [1.54, 1.807) is 30.4 Å². The molecule has 0 saturated heterocycles. The minimum atomic E-state index is -3.99. The largest absolute Gasteiger partial charge is 0.350 e. The molecular weight excluding hydrogens is 437 g/mol. The molecule has 9 heteroatoms. The van der Waals surface area contributed by atoms with E-state index in [1.165, 1.54) is 24.3 Å². The van der Waals surface area contributed by atoms with Gasteiger partial charge >= 0.3 is 0 Å². The lowest BCUT2D eigenvalue weighted by atomic mass is 10.1. The van der Waals surface area contributed by atoms with Gasteiger partial charge in [-0.05, 0) is 68.4 Å². The van der Waals surface area contributed by atoms with Crippen LogP contribution >= 0.6 is 11.3 Å². The van der Waals surface area contributed by atoms with E-state index in [2.05, 4.69) is 10.0 Å². The summed E-state index contributed by atoms with van der Waals surface area (Å²) in [6.45, 7) is 1.96. The second-order valence-electron chi connectivity index (χ2n) is 7.30. The maximum atomic E-state index is 13.8. The van der Waals surface area contributed by atoms with Crippen LogP contribution in [0.5, 0.6) is 0 Å². The highest BCUT2D eigenvalue weighted by Crippen LogP contribution is 2.23. The van der Waals surface area contributed by atoms with Gasteiger partial charge in [-0.3, -0.25) is 9.52 Å². The van der Waals surface area contributed by atoms with Gasteiger partial charge in [-0.2, -0.15) is 0 Å². The summed E-state index contributed by atoms with van der Waals surface area (Å²) in [5, 5.41) is 4.89. The first kappa shape index (κ1) is 22.9. The van der Waals surface area contributed by atoms with Gasteiger partial charge in [-0.15, -0.1) is 11.3 Å². The van der Waals surface area contributed by atoms with Crippen molar-refractivity contribution in [2.24, 2.45) is 0 Å². The molecule has 2 aromatic carbocycles. The molecule has 1 amide bonds. The topological polar surface area (TPSA) is 78.5 Å². The smallest absolute Gasteiger partial charge is 0.261 e. The number of benzene rings is 2. The number of hydrogen-bond acceptors (Lipinski definition) is 5. The van der Waals surface area contributed by atoms with Crippen molar-refractivity contribution in [1.29, 1.82) is 0 Å². The normalized spacial score (nSPS) is 12.5. The molecule has 0 spiro atoms. The Labute approximate surface area is 185 Å². The van der Waals surface area contributed by atoms with Crippen molar-refractivity contribution in [2.75, 3.05) is 25.4 Å². The highest BCUT2D eigenvalue weighted by Gasteiger charge is 2.19. The van der Waals surface area contributed by atoms with Crippen LogP contribution in [0.3, 0.4) is 0 Å². The number of nitrogens with one attached hydrogen (secondary N) is 2. The zero-order valence-corrected chi connectivity index (χ0v) is 19.1. The first-order valence-electron chi connectivity index (χ1n) is 9.54. The summed E-state index contributed by atoms with van der Waals surface area (Å²) in [4.78, 5) is 15.6. The first-order chi connectivity index (χ1) is 14.7. The third-order valence-electron chi connectivity index (χ3n) is 4.78. The lowest BCUT2D eigenvalue weighted by Gasteiger charge is -2.23. The van der Waals surface area contributed by atoms with Crippen molar-refractivity contribution in [2.45, 2.75) is 17.9 Å². The summed E-state index contributed by atoms with van der Waals surface area (Å²) in [5.74, 6) is -0.914. The molecule has 0 bridgehead atoms. The molecule has 0 saturated carbocycles. The van der Waals surface area contributed by atoms with Crippen molar-refractivity contribution in [3.63, 3.8) is 0 Å². The van der Waals surface area contributed by atoms with E-state index in [9.17, 15) is 17.6 Å². The molecule has 31 heavy (non-hydrogen) atoms. The number of likely N-dealkylation sites (N-methyl/N-ethyl adjacent to an activating group) is 1. The summed E-state index contributed by atoms with van der Waals surface area (Å²) in [6, 6.07) is 13.9. The quantitative estimate of drug-likeness (QED) is 0.531. The molecule has 0 aliphatic rings. The minimum absolute atomic E-state index is 0.0297. The average molecular weight is 462 g/mol. The molecule has 1 aromatic heterocycles. The maximum Gasteiger partial charge on any atom is 0.261 e. The summed E-state index contributed by atoms with van der Waals surface area (Å²) < 4.78 is 41.3. The van der Waals surface area contributed by atoms with Crippen molar-refractivity contribution >= 4 is 33.0 Å². The zero-order chi connectivity index (χ0) is 22.6. The number of sulfonamides is 1. The van der Waals surface area contributed by atoms with E-state index in [1.807, 2.05) is 36.5 Å². The Morgan fingerprint density at radius 2 is 1.90 bits per heavy atom. The Hall–Kier alpha value is -2.75. The van der Waals surface area contributed by atoms with Crippen molar-refractivity contribution in [1.82, 2.24) is 10.2 Å². The molecule has 3 aromatic rings. The van der Waals surface area contributed by atoms with Gasteiger partial charge in [0.15, 0.2) is 0 Å². The van der Waals surface area contributed by atoms with Gasteiger partial charge in [0.05, 0.1) is 10.9 Å². The van der Waals surface area contributed by atoms with Crippen LogP contribution < -0.4 is 10.0 Å². The Kier molecular flexibility index (Phi) is 7.09. The predicted molar refractivity (Wildman–Crippen MR) is 121 cm³/mol. The third kappa shape index (κ3) is 5.69. The Morgan fingerprint density at radius 1 is 1.13 bits per heavy atom. The summed E-state index contributed by atoms with van der Waals surface area (Å²) in [5.41, 5.74) is 0.895. The van der Waals surface area contributed by atoms with Crippen LogP contribution in [0.25, 0.3) is 0 Å². The SMILES string of the molecule is Cc1ccc(S(=O)(=O)Nc2cccc(C(=O)NCC(c3cccs3)N(C)C)c2)cc1F. The summed E-state index contributed by atoms with van der Waals surface area (Å²) in [6.07, 6.45) is 0. The van der Waals surface area contributed by atoms with Crippen LogP contribution in [0, 0.1) is 12.7 Å². The molecular formula is C22H24FN3O3S2. The second kappa shape index (κ2) is 9.59. The third-order valence-corrected chi connectivity index (χ3v) is 7.13. The monoisotopic (exact) mass is 461 g/mol. The van der Waals surface area contributed by atoms with Crippen LogP contribution in [0.4, 0.5) is 10.1 Å². The fourth-order valence-corrected chi connectivity index (χ4v) is 4.97. The molecule has 0 aliphatic heterocycles. The van der Waals surface area contributed by atoms with E-state index in [-0.39, 0.29) is 22.5 Å². The summed E-state index contributed by atoms with van der Waals surface area (Å²) in [7, 11) is -0.100. The fraction of sp³-hybridized carbons (Fsp3) is 0.227. The second-order valence-corrected chi connectivity index (χ2v) is 9.96. The zero-order valence-electron chi connectivity index (χ0n) is 17.4. The number of amides is 1. The Balaban J connectivity index is 1.72. The number of aryl methyl sites for hydroxylation is 1. The van der Waals surface area contributed by atoms with E-state index in [4.69, 9.17) is 0 Å². The van der Waals surface area contributed by atoms with Gasteiger partial charge in [-0.25, -0.2) is 12.8 Å². The van der Waals surface area contributed by atoms with Crippen LogP contribution in [-0.4, -0.2) is 39.9 Å². The van der Waals surface area contributed by atoms with Gasteiger partial charge in [-0.1, -0.05) is 18.2 Å². The van der Waals surface area contributed by atoms with Crippen molar-refractivity contribution < 1.29 is 17.6 Å². The first-order valence-corrected chi connectivity index (χ1v) is 11.9. The number of rotatable bonds is 8. The van der Waals surface area contributed by atoms with Gasteiger partial charge in [0.2, 0.25) is 0 Å². The Bertz CT molecular complexity index is 1160. The van der Waals surface area contributed by atoms with Crippen molar-refractivity contribution in [3.8, 4) is 0 Å². The molecule has 1 heterocycles. The minimum Gasteiger partial charge on any atom is -0.350 e. The fourth-order valence-electron chi connectivity index (χ4n) is 2.99. The van der Waals surface area contributed by atoms with E-state index in [0.717, 1.165) is 10.9 Å². The number of halogens is 1. The van der Waals surface area contributed by atoms with E-state index < -0.39 is 15.8 Å². The van der Waals surface area contributed by atoms with Gasteiger partial charge < -0.3 is 10.2 Å². The van der Waals surface area contributed by atoms with E-state index >= 15 is 0 Å². The Morgan fingerprint density at radius 3 is 2.55 bits per heavy atom. The summed E-state index contributed by atoms with van der Waals surface area (Å²) >= 11 is 1.62. The lowest BCUT2D eigenvalue weighted by molar-refractivity contribution is 0.0942. The van der Waals surface area contributed by atoms with Gasteiger partial charge in [0.25, 0.3) is 15.9 Å². The van der Waals surface area contributed by atoms with Gasteiger partial charge in [0, 0.05) is 22.7 Å². The number of carbonyl (C=O) groups is 1. The van der Waals surface area contributed by atoms with E-state index in [0.29, 0.717) is 17.7 Å². The standard InChI is InChI=1S/C22H24FN3O3S2/c1-15-9-10-18(13-19(15)23)31(28,29)25-17-7-4-6-16(12-17)22(27)24-14-20(26(2)3)21-8-5-11-30-21/h4-13,20,25H,14H2,1-3H3,(H,24,27). The highest BCUT2D eigenvalue weighted by molar-refractivity contribution is 7.92. The number of carbonyl (C=O) groups excluding carboxylic acids is 1. The molecule has 2 N–H and O–H groups in total. The number of hydrogen-bond donors (Lipinski definition) is 2. The molecule has 0 aliphatic carbocycles. The van der Waals surface area contributed by atoms with Crippen LogP contribution in [0.1, 0.15) is 26.8 Å².